The predicted molar refractivity (Wildman–Crippen MR) is 76.4 cm³/mol. The lowest BCUT2D eigenvalue weighted by molar-refractivity contribution is 0.302. The summed E-state index contributed by atoms with van der Waals surface area (Å²) in [6, 6.07) is 1.82. The second-order valence-corrected chi connectivity index (χ2v) is 6.58. The van der Waals surface area contributed by atoms with Crippen LogP contribution in [0, 0.1) is 12.3 Å². The number of aromatic nitrogens is 2. The second-order valence-electron chi connectivity index (χ2n) is 6.58. The zero-order valence-corrected chi connectivity index (χ0v) is 12.3. The smallest absolute Gasteiger partial charge is 0.145 e. The Morgan fingerprint density at radius 2 is 1.67 bits per heavy atom. The first kappa shape index (κ1) is 14.7. The Hall–Kier alpha value is -1.36. The molecule has 0 atom stereocenters. The average molecular weight is 251 g/mol. The van der Waals surface area contributed by atoms with Crippen LogP contribution in [0.2, 0.25) is 0 Å². The van der Waals surface area contributed by atoms with E-state index in [0.717, 1.165) is 12.2 Å². The minimum atomic E-state index is -0.0368. The van der Waals surface area contributed by atoms with E-state index in [0.29, 0.717) is 11.6 Å². The lowest BCUT2D eigenvalue weighted by Gasteiger charge is -2.33. The molecule has 18 heavy (non-hydrogen) atoms. The van der Waals surface area contributed by atoms with E-state index in [9.17, 15) is 0 Å². The number of aryl methyl sites for hydroxylation is 1. The summed E-state index contributed by atoms with van der Waals surface area (Å²) < 4.78 is 0. The first-order chi connectivity index (χ1) is 8.11. The zero-order valence-electron chi connectivity index (χ0n) is 12.3. The number of nitrogens with zero attached hydrogens (tertiary/aromatic N) is 2. The van der Waals surface area contributed by atoms with Crippen molar-refractivity contribution in [1.29, 1.82) is 0 Å². The Morgan fingerprint density at radius 1 is 1.11 bits per heavy atom. The van der Waals surface area contributed by atoms with Gasteiger partial charge in [-0.15, -0.1) is 0 Å². The van der Waals surface area contributed by atoms with Gasteiger partial charge in [-0.1, -0.05) is 20.8 Å². The molecule has 0 aromatic carbocycles. The Balaban J connectivity index is 2.86. The summed E-state index contributed by atoms with van der Waals surface area (Å²) >= 11 is 0. The van der Waals surface area contributed by atoms with E-state index in [2.05, 4.69) is 55.3 Å². The van der Waals surface area contributed by atoms with Crippen LogP contribution in [-0.4, -0.2) is 15.5 Å². The van der Waals surface area contributed by atoms with Gasteiger partial charge in [0.15, 0.2) is 0 Å². The number of nitrogen functional groups attached to an aromatic ring is 1. The Bertz CT molecular complexity index is 406. The monoisotopic (exact) mass is 251 g/mol. The van der Waals surface area contributed by atoms with Crippen LogP contribution in [0.4, 0.5) is 11.6 Å². The van der Waals surface area contributed by atoms with Crippen LogP contribution in [0.1, 0.15) is 46.9 Å². The van der Waals surface area contributed by atoms with E-state index in [4.69, 9.17) is 5.84 Å². The van der Waals surface area contributed by atoms with Crippen molar-refractivity contribution in [2.45, 2.75) is 53.5 Å². The van der Waals surface area contributed by atoms with Gasteiger partial charge in [0, 0.05) is 11.6 Å². The topological polar surface area (TPSA) is 75.9 Å². The molecule has 0 fully saturated rings. The average Bonchev–Trinajstić information content (AvgIpc) is 2.11. The molecule has 1 rings (SSSR count). The molecule has 5 nitrogen and oxygen atoms in total. The molecule has 0 aliphatic heterocycles. The van der Waals surface area contributed by atoms with Gasteiger partial charge in [0.2, 0.25) is 0 Å². The number of hydrazine groups is 1. The molecule has 0 radical (unpaired) electrons. The Morgan fingerprint density at radius 3 is 2.17 bits per heavy atom. The van der Waals surface area contributed by atoms with Crippen LogP contribution >= 0.6 is 0 Å². The first-order valence-corrected chi connectivity index (χ1v) is 6.22. The van der Waals surface area contributed by atoms with E-state index >= 15 is 0 Å². The quantitative estimate of drug-likeness (QED) is 0.566. The lowest BCUT2D eigenvalue weighted by Crippen LogP contribution is -2.35. The van der Waals surface area contributed by atoms with E-state index in [1.165, 1.54) is 0 Å². The van der Waals surface area contributed by atoms with Gasteiger partial charge in [-0.2, -0.15) is 0 Å². The van der Waals surface area contributed by atoms with Crippen molar-refractivity contribution in [2.24, 2.45) is 11.3 Å². The molecule has 102 valence electrons. The second kappa shape index (κ2) is 5.10. The van der Waals surface area contributed by atoms with Crippen molar-refractivity contribution < 1.29 is 0 Å². The highest BCUT2D eigenvalue weighted by Crippen LogP contribution is 2.29. The van der Waals surface area contributed by atoms with Crippen LogP contribution in [0.5, 0.6) is 0 Å². The van der Waals surface area contributed by atoms with Gasteiger partial charge < -0.3 is 10.7 Å². The fourth-order valence-electron chi connectivity index (χ4n) is 2.42. The third-order valence-corrected chi connectivity index (χ3v) is 2.42. The van der Waals surface area contributed by atoms with Crippen LogP contribution in [0.3, 0.4) is 0 Å². The van der Waals surface area contributed by atoms with E-state index in [1.807, 2.05) is 13.0 Å². The van der Waals surface area contributed by atoms with Crippen LogP contribution in [0.25, 0.3) is 0 Å². The number of rotatable bonds is 4. The predicted octanol–water partition coefficient (Wildman–Crippen LogP) is 2.70. The summed E-state index contributed by atoms with van der Waals surface area (Å²) in [5, 5.41) is 3.44. The number of nitrogens with two attached hydrogens (primary N) is 1. The Labute approximate surface area is 110 Å². The molecular formula is C13H25N5. The summed E-state index contributed by atoms with van der Waals surface area (Å²) in [6.45, 7) is 12.9. The van der Waals surface area contributed by atoms with Crippen molar-refractivity contribution >= 4 is 11.6 Å². The zero-order chi connectivity index (χ0) is 14.0. The molecule has 1 aromatic rings. The fraction of sp³-hybridized carbons (Fsp3) is 0.692. The maximum atomic E-state index is 5.39. The van der Waals surface area contributed by atoms with Crippen LogP contribution in [-0.2, 0) is 0 Å². The molecule has 1 heterocycles. The van der Waals surface area contributed by atoms with Gasteiger partial charge in [-0.05, 0) is 32.6 Å². The molecule has 4 N–H and O–H groups in total. The molecule has 0 unspecified atom stereocenters. The minimum absolute atomic E-state index is 0.0368. The maximum absolute atomic E-state index is 5.39. The number of hydrogen-bond donors (Lipinski definition) is 3. The molecule has 0 aliphatic rings. The van der Waals surface area contributed by atoms with Gasteiger partial charge in [0.1, 0.15) is 17.5 Å². The SMILES string of the molecule is Cc1nc(NN)cc(NC(C)(C)CC(C)(C)C)n1. The number of hydrogen-bond acceptors (Lipinski definition) is 5. The Kier molecular flexibility index (Phi) is 4.16. The third kappa shape index (κ3) is 4.87. The summed E-state index contributed by atoms with van der Waals surface area (Å²) in [5.41, 5.74) is 2.77. The van der Waals surface area contributed by atoms with Gasteiger partial charge in [-0.3, -0.25) is 0 Å². The molecule has 0 saturated carbocycles. The van der Waals surface area contributed by atoms with E-state index < -0.39 is 0 Å². The van der Waals surface area contributed by atoms with Crippen molar-refractivity contribution in [2.75, 3.05) is 10.7 Å². The van der Waals surface area contributed by atoms with Crippen molar-refractivity contribution in [1.82, 2.24) is 9.97 Å². The summed E-state index contributed by atoms with van der Waals surface area (Å²) in [5.74, 6) is 7.50. The van der Waals surface area contributed by atoms with Gasteiger partial charge in [-0.25, -0.2) is 15.8 Å². The van der Waals surface area contributed by atoms with E-state index in [-0.39, 0.29) is 11.0 Å². The highest BCUT2D eigenvalue weighted by molar-refractivity contribution is 5.48. The normalized spacial score (nSPS) is 12.4. The molecule has 0 saturated heterocycles. The summed E-state index contributed by atoms with van der Waals surface area (Å²) in [4.78, 5) is 8.55. The third-order valence-electron chi connectivity index (χ3n) is 2.42. The van der Waals surface area contributed by atoms with Crippen molar-refractivity contribution in [3.8, 4) is 0 Å². The first-order valence-electron chi connectivity index (χ1n) is 6.22. The molecule has 0 spiro atoms. The fourth-order valence-corrected chi connectivity index (χ4v) is 2.42. The van der Waals surface area contributed by atoms with Crippen molar-refractivity contribution in [3.05, 3.63) is 11.9 Å². The molecular weight excluding hydrogens is 226 g/mol. The highest BCUT2D eigenvalue weighted by atomic mass is 15.3. The maximum Gasteiger partial charge on any atom is 0.145 e. The summed E-state index contributed by atoms with van der Waals surface area (Å²) in [6.07, 6.45) is 1.04. The largest absolute Gasteiger partial charge is 0.365 e. The highest BCUT2D eigenvalue weighted by Gasteiger charge is 2.25. The van der Waals surface area contributed by atoms with Gasteiger partial charge in [0.05, 0.1) is 0 Å². The van der Waals surface area contributed by atoms with Gasteiger partial charge >= 0.3 is 0 Å². The molecule has 0 aliphatic carbocycles. The number of nitrogens with one attached hydrogen (secondary N) is 2. The lowest BCUT2D eigenvalue weighted by atomic mass is 9.82. The molecule has 1 aromatic heterocycles. The summed E-state index contributed by atoms with van der Waals surface area (Å²) in [7, 11) is 0. The molecule has 0 bridgehead atoms. The standard InChI is InChI=1S/C13H25N5/c1-9-15-10(7-11(16-9)18-14)17-13(5,6)8-12(2,3)4/h7H,8,14H2,1-6H3,(H2,15,16,17,18). The minimum Gasteiger partial charge on any atom is -0.365 e. The molecule has 5 heteroatoms. The molecule has 0 amide bonds. The van der Waals surface area contributed by atoms with Crippen molar-refractivity contribution in [3.63, 3.8) is 0 Å². The van der Waals surface area contributed by atoms with Crippen LogP contribution < -0.4 is 16.6 Å². The van der Waals surface area contributed by atoms with E-state index in [1.54, 1.807) is 0 Å². The van der Waals surface area contributed by atoms with Crippen LogP contribution in [0.15, 0.2) is 6.07 Å². The number of anilines is 2. The van der Waals surface area contributed by atoms with Gasteiger partial charge in [0.25, 0.3) is 0 Å².